The largest absolute Gasteiger partial charge is 0.326 e. The van der Waals surface area contributed by atoms with E-state index >= 15 is 0 Å². The van der Waals surface area contributed by atoms with Crippen molar-refractivity contribution in [1.82, 2.24) is 9.97 Å². The topological polar surface area (TPSA) is 51.8 Å². The van der Waals surface area contributed by atoms with Crippen molar-refractivity contribution in [3.05, 3.63) is 23.8 Å². The quantitative estimate of drug-likeness (QED) is 0.697. The highest BCUT2D eigenvalue weighted by Gasteiger charge is 1.90. The highest BCUT2D eigenvalue weighted by atomic mass is 35.5. The van der Waals surface area contributed by atoms with Crippen molar-refractivity contribution in [3.63, 3.8) is 0 Å². The van der Waals surface area contributed by atoms with Crippen molar-refractivity contribution in [2.45, 2.75) is 6.54 Å². The van der Waals surface area contributed by atoms with Gasteiger partial charge < -0.3 is 5.73 Å². The first-order chi connectivity index (χ1) is 4.86. The second kappa shape index (κ2) is 5.12. The Hall–Kier alpha value is -0.580. The predicted octanol–water partition coefficient (Wildman–Crippen LogP) is 0.705. The van der Waals surface area contributed by atoms with Crippen molar-refractivity contribution in [2.24, 2.45) is 5.73 Å². The summed E-state index contributed by atoms with van der Waals surface area (Å²) in [5.41, 5.74) is 6.24. The molecule has 0 fully saturated rings. The minimum Gasteiger partial charge on any atom is -0.326 e. The number of nitrogens with zero attached hydrogens (tertiary/aromatic N) is 2. The lowest BCUT2D eigenvalue weighted by atomic mass is 10.3. The molecule has 0 radical (unpaired) electrons. The van der Waals surface area contributed by atoms with Gasteiger partial charge in [0, 0.05) is 29.9 Å². The summed E-state index contributed by atoms with van der Waals surface area (Å²) in [4.78, 5) is 7.83. The summed E-state index contributed by atoms with van der Waals surface area (Å²) < 4.78 is 0. The van der Waals surface area contributed by atoms with Gasteiger partial charge in [-0.25, -0.2) is 9.97 Å². The summed E-state index contributed by atoms with van der Waals surface area (Å²) in [6.45, 7) is 0.470. The molecule has 0 aliphatic rings. The molecular weight excluding hydrogens is 182 g/mol. The molecule has 0 saturated heterocycles. The smallest absolute Gasteiger partial charge is 0.162 e. The molecule has 0 aromatic carbocycles. The number of hydrogen-bond acceptors (Lipinski definition) is 4. The lowest BCUT2D eigenvalue weighted by Gasteiger charge is -1.93. The van der Waals surface area contributed by atoms with Crippen LogP contribution in [-0.2, 0) is 6.54 Å². The molecule has 0 unspecified atom stereocenters. The molecule has 1 aromatic heterocycles. The normalized spacial score (nSPS) is 8.45. The molecule has 2 N–H and O–H groups in total. The van der Waals surface area contributed by atoms with Crippen molar-refractivity contribution < 1.29 is 0 Å². The summed E-state index contributed by atoms with van der Waals surface area (Å²) in [7, 11) is 0. The van der Waals surface area contributed by atoms with Gasteiger partial charge in [-0.3, -0.25) is 0 Å². The molecule has 0 bridgehead atoms. The Morgan fingerprint density at radius 2 is 2.00 bits per heavy atom. The van der Waals surface area contributed by atoms with Gasteiger partial charge in [0.15, 0.2) is 5.82 Å². The predicted molar refractivity (Wildman–Crippen MR) is 49.9 cm³/mol. The van der Waals surface area contributed by atoms with Gasteiger partial charge in [0.05, 0.1) is 0 Å². The fraction of sp³-hybridized carbons (Fsp3) is 0.167. The summed E-state index contributed by atoms with van der Waals surface area (Å²) in [5, 5.41) is 1.43. The lowest BCUT2D eigenvalue weighted by molar-refractivity contribution is 1.00. The van der Waals surface area contributed by atoms with Gasteiger partial charge in [-0.2, -0.15) is 0 Å². The minimum atomic E-state index is 0. The molecule has 0 saturated carbocycles. The highest BCUT2D eigenvalue weighted by molar-refractivity contribution is 7.79. The third kappa shape index (κ3) is 2.88. The van der Waals surface area contributed by atoms with Crippen LogP contribution in [0, 0.1) is 0 Å². The third-order valence-electron chi connectivity index (χ3n) is 1.07. The highest BCUT2D eigenvalue weighted by Crippen LogP contribution is 1.91. The second-order valence-electron chi connectivity index (χ2n) is 1.77. The number of aromatic nitrogens is 2. The molecule has 0 aliphatic carbocycles. The summed E-state index contributed by atoms with van der Waals surface area (Å²) >= 11 is 4.62. The van der Waals surface area contributed by atoms with E-state index in [0.717, 1.165) is 5.56 Å². The molecular formula is C6H8ClN3S. The Balaban J connectivity index is 0.000001000. The van der Waals surface area contributed by atoms with Crippen molar-refractivity contribution >= 4 is 30.0 Å². The van der Waals surface area contributed by atoms with E-state index in [2.05, 4.69) is 22.2 Å². The average Bonchev–Trinajstić information content (AvgIpc) is 2.05. The van der Waals surface area contributed by atoms with Gasteiger partial charge in [-0.05, 0) is 0 Å². The average molecular weight is 190 g/mol. The van der Waals surface area contributed by atoms with Gasteiger partial charge in [0.25, 0.3) is 0 Å². The summed E-state index contributed by atoms with van der Waals surface area (Å²) in [6.07, 6.45) is 3.34. The van der Waals surface area contributed by atoms with Crippen LogP contribution in [-0.4, -0.2) is 15.3 Å². The van der Waals surface area contributed by atoms with E-state index in [1.165, 1.54) is 5.37 Å². The van der Waals surface area contributed by atoms with Gasteiger partial charge in [-0.15, -0.1) is 12.4 Å². The number of rotatable bonds is 2. The van der Waals surface area contributed by atoms with Crippen LogP contribution in [0.2, 0.25) is 0 Å². The van der Waals surface area contributed by atoms with Crippen molar-refractivity contribution in [3.8, 4) is 0 Å². The molecule has 3 nitrogen and oxygen atoms in total. The maximum atomic E-state index is 5.33. The third-order valence-corrected chi connectivity index (χ3v) is 1.28. The second-order valence-corrected chi connectivity index (χ2v) is 2.01. The zero-order valence-electron chi connectivity index (χ0n) is 5.73. The van der Waals surface area contributed by atoms with Crippen LogP contribution in [0.5, 0.6) is 0 Å². The first-order valence-corrected chi connectivity index (χ1v) is 3.30. The lowest BCUT2D eigenvalue weighted by Crippen LogP contribution is -1.99. The van der Waals surface area contributed by atoms with Crippen LogP contribution in [0.3, 0.4) is 0 Å². The molecule has 0 spiro atoms. The molecule has 0 atom stereocenters. The molecule has 1 aromatic rings. The van der Waals surface area contributed by atoms with Crippen LogP contribution in [0.1, 0.15) is 11.4 Å². The van der Waals surface area contributed by atoms with E-state index in [4.69, 9.17) is 5.73 Å². The molecule has 11 heavy (non-hydrogen) atoms. The van der Waals surface area contributed by atoms with Crippen LogP contribution in [0.4, 0.5) is 0 Å². The van der Waals surface area contributed by atoms with Crippen LogP contribution in [0.15, 0.2) is 12.4 Å². The molecule has 5 heteroatoms. The van der Waals surface area contributed by atoms with E-state index in [1.54, 1.807) is 12.4 Å². The molecule has 1 heterocycles. The zero-order chi connectivity index (χ0) is 7.40. The van der Waals surface area contributed by atoms with Crippen molar-refractivity contribution in [1.29, 1.82) is 0 Å². The van der Waals surface area contributed by atoms with Gasteiger partial charge in [0.2, 0.25) is 0 Å². The fourth-order valence-electron chi connectivity index (χ4n) is 0.531. The van der Waals surface area contributed by atoms with Crippen molar-refractivity contribution in [2.75, 3.05) is 0 Å². The summed E-state index contributed by atoms with van der Waals surface area (Å²) in [5.74, 6) is 0.562. The molecule has 0 amide bonds. The van der Waals surface area contributed by atoms with Gasteiger partial charge >= 0.3 is 0 Å². The standard InChI is InChI=1S/C6H7N3S.ClH/c7-1-5-2-8-6(4-10)9-3-5;/h2-4H,1,7H2;1H. The van der Waals surface area contributed by atoms with E-state index in [1.807, 2.05) is 0 Å². The maximum absolute atomic E-state index is 5.33. The van der Waals surface area contributed by atoms with Gasteiger partial charge in [0.1, 0.15) is 0 Å². The molecule has 1 rings (SSSR count). The monoisotopic (exact) mass is 189 g/mol. The van der Waals surface area contributed by atoms with Crippen LogP contribution < -0.4 is 5.73 Å². The Bertz CT molecular complexity index is 224. The van der Waals surface area contributed by atoms with Crippen LogP contribution >= 0.6 is 24.6 Å². The molecule has 0 aliphatic heterocycles. The molecule has 60 valence electrons. The Morgan fingerprint density at radius 3 is 2.36 bits per heavy atom. The van der Waals surface area contributed by atoms with E-state index in [0.29, 0.717) is 12.4 Å². The number of hydrogen-bond donors (Lipinski definition) is 1. The zero-order valence-corrected chi connectivity index (χ0v) is 7.36. The van der Waals surface area contributed by atoms with E-state index in [-0.39, 0.29) is 12.4 Å². The number of nitrogens with two attached hydrogens (primary N) is 1. The number of thiocarbonyl (C=S) groups is 1. The fourth-order valence-corrected chi connectivity index (χ4v) is 0.653. The van der Waals surface area contributed by atoms with E-state index in [9.17, 15) is 0 Å². The Labute approximate surface area is 76.5 Å². The first kappa shape index (κ1) is 10.4. The minimum absolute atomic E-state index is 0. The SMILES string of the molecule is Cl.NCc1cnc(C=S)nc1. The Kier molecular flexibility index (Phi) is 4.85. The van der Waals surface area contributed by atoms with Gasteiger partial charge in [-0.1, -0.05) is 12.2 Å². The Morgan fingerprint density at radius 1 is 1.45 bits per heavy atom. The first-order valence-electron chi connectivity index (χ1n) is 2.83. The van der Waals surface area contributed by atoms with E-state index < -0.39 is 0 Å². The van der Waals surface area contributed by atoms with Crippen LogP contribution in [0.25, 0.3) is 0 Å². The summed E-state index contributed by atoms with van der Waals surface area (Å²) in [6, 6.07) is 0. The number of halogens is 1. The maximum Gasteiger partial charge on any atom is 0.162 e.